The second kappa shape index (κ2) is 10.4. The molecule has 0 aromatic heterocycles. The van der Waals surface area contributed by atoms with Crippen molar-refractivity contribution in [2.24, 2.45) is 0 Å². The van der Waals surface area contributed by atoms with Gasteiger partial charge in [-0.3, -0.25) is 4.79 Å². The van der Waals surface area contributed by atoms with Crippen LogP contribution in [0, 0.1) is 0 Å². The molecule has 1 amide bonds. The molecule has 9 heteroatoms. The van der Waals surface area contributed by atoms with Crippen molar-refractivity contribution < 1.29 is 27.9 Å². The minimum absolute atomic E-state index is 0.140. The van der Waals surface area contributed by atoms with Gasteiger partial charge in [-0.25, -0.2) is 13.2 Å². The minimum atomic E-state index is -3.44. The van der Waals surface area contributed by atoms with E-state index in [1.165, 1.54) is 4.31 Å². The predicted molar refractivity (Wildman–Crippen MR) is 98.8 cm³/mol. The Hall–Kier alpha value is -1.97. The first kappa shape index (κ1) is 21.3. The molecule has 0 unspecified atom stereocenters. The van der Waals surface area contributed by atoms with Gasteiger partial charge in [0.1, 0.15) is 6.61 Å². The Morgan fingerprint density at radius 3 is 2.41 bits per heavy atom. The highest BCUT2D eigenvalue weighted by molar-refractivity contribution is 7.89. The van der Waals surface area contributed by atoms with Gasteiger partial charge in [-0.2, -0.15) is 4.31 Å². The van der Waals surface area contributed by atoms with Crippen LogP contribution in [-0.4, -0.2) is 62.6 Å². The van der Waals surface area contributed by atoms with Crippen LogP contribution in [0.1, 0.15) is 31.2 Å². The van der Waals surface area contributed by atoms with Gasteiger partial charge in [-0.1, -0.05) is 18.6 Å². The summed E-state index contributed by atoms with van der Waals surface area (Å²) in [6, 6.07) is 6.66. The second-order valence-corrected chi connectivity index (χ2v) is 8.34. The number of carboxylic acid groups (broad SMARTS) is 1. The summed E-state index contributed by atoms with van der Waals surface area (Å²) in [5, 5.41) is 11.1. The molecule has 2 rings (SSSR count). The van der Waals surface area contributed by atoms with Crippen LogP contribution < -0.4 is 5.32 Å². The molecule has 150 valence electrons. The number of benzene rings is 1. The maximum atomic E-state index is 12.6. The molecule has 1 saturated heterocycles. The van der Waals surface area contributed by atoms with Gasteiger partial charge in [-0.15, -0.1) is 0 Å². The summed E-state index contributed by atoms with van der Waals surface area (Å²) in [5.41, 5.74) is 0.880. The third kappa shape index (κ3) is 6.93. The summed E-state index contributed by atoms with van der Waals surface area (Å²) in [4.78, 5) is 22.3. The summed E-state index contributed by atoms with van der Waals surface area (Å²) in [6.45, 7) is 1.14. The highest BCUT2D eigenvalue weighted by Crippen LogP contribution is 2.21. The van der Waals surface area contributed by atoms with Gasteiger partial charge >= 0.3 is 5.97 Å². The molecule has 1 heterocycles. The van der Waals surface area contributed by atoms with Gasteiger partial charge in [0.15, 0.2) is 0 Å². The molecule has 0 spiro atoms. The lowest BCUT2D eigenvalue weighted by molar-refractivity contribution is -0.142. The van der Waals surface area contributed by atoms with Crippen molar-refractivity contribution in [3.8, 4) is 0 Å². The van der Waals surface area contributed by atoms with Crippen molar-refractivity contribution in [2.75, 3.05) is 32.8 Å². The largest absolute Gasteiger partial charge is 0.480 e. The lowest BCUT2D eigenvalue weighted by atomic mass is 10.1. The predicted octanol–water partition coefficient (Wildman–Crippen LogP) is 1.01. The van der Waals surface area contributed by atoms with Crippen molar-refractivity contribution in [3.63, 3.8) is 0 Å². The van der Waals surface area contributed by atoms with E-state index >= 15 is 0 Å². The van der Waals surface area contributed by atoms with Gasteiger partial charge in [0.25, 0.3) is 0 Å². The average Bonchev–Trinajstić information content (AvgIpc) is 2.67. The van der Waals surface area contributed by atoms with Crippen molar-refractivity contribution in [1.82, 2.24) is 9.62 Å². The molecular weight excluding hydrogens is 372 g/mol. The third-order valence-corrected chi connectivity index (χ3v) is 6.22. The standard InChI is InChI=1S/C18H26N2O6S/c21-17(19-10-13-26-14-18(22)23)9-6-15-4-7-16(8-5-15)27(24,25)20-11-2-1-3-12-20/h4-5,7-8H,1-3,6,9-14H2,(H,19,21)(H,22,23). The fourth-order valence-corrected chi connectivity index (χ4v) is 4.37. The Balaban J connectivity index is 1.76. The Morgan fingerprint density at radius 2 is 1.78 bits per heavy atom. The quantitative estimate of drug-likeness (QED) is 0.569. The number of aryl methyl sites for hydroxylation is 1. The molecule has 1 fully saturated rings. The molecule has 2 N–H and O–H groups in total. The number of sulfonamides is 1. The van der Waals surface area contributed by atoms with Crippen LogP contribution in [0.25, 0.3) is 0 Å². The number of nitrogens with one attached hydrogen (secondary N) is 1. The maximum absolute atomic E-state index is 12.6. The van der Waals surface area contributed by atoms with Gasteiger partial charge in [0, 0.05) is 26.1 Å². The summed E-state index contributed by atoms with van der Waals surface area (Å²) >= 11 is 0. The molecule has 1 aromatic rings. The zero-order valence-corrected chi connectivity index (χ0v) is 16.0. The molecule has 0 bridgehead atoms. The Bertz CT molecular complexity index is 727. The van der Waals surface area contributed by atoms with E-state index < -0.39 is 16.0 Å². The number of ether oxygens (including phenoxy) is 1. The fraction of sp³-hybridized carbons (Fsp3) is 0.556. The van der Waals surface area contributed by atoms with Crippen LogP contribution in [0.4, 0.5) is 0 Å². The van der Waals surface area contributed by atoms with Crippen LogP contribution in [0.2, 0.25) is 0 Å². The highest BCUT2D eigenvalue weighted by Gasteiger charge is 2.25. The van der Waals surface area contributed by atoms with Gasteiger partial charge in [0.2, 0.25) is 15.9 Å². The lowest BCUT2D eigenvalue weighted by Crippen LogP contribution is -2.35. The van der Waals surface area contributed by atoms with E-state index in [1.807, 2.05) is 0 Å². The number of carbonyl (C=O) groups excluding carboxylic acids is 1. The SMILES string of the molecule is O=C(O)COCCNC(=O)CCc1ccc(S(=O)(=O)N2CCCCC2)cc1. The van der Waals surface area contributed by atoms with E-state index in [9.17, 15) is 18.0 Å². The van der Waals surface area contributed by atoms with Crippen molar-refractivity contribution in [3.05, 3.63) is 29.8 Å². The molecule has 1 aliphatic heterocycles. The van der Waals surface area contributed by atoms with Crippen LogP contribution >= 0.6 is 0 Å². The highest BCUT2D eigenvalue weighted by atomic mass is 32.2. The first-order chi connectivity index (χ1) is 12.9. The number of aliphatic carboxylic acids is 1. The van der Waals surface area contributed by atoms with E-state index in [0.29, 0.717) is 19.5 Å². The Labute approximate surface area is 159 Å². The van der Waals surface area contributed by atoms with E-state index in [1.54, 1.807) is 24.3 Å². The van der Waals surface area contributed by atoms with Crippen molar-refractivity contribution >= 4 is 21.9 Å². The second-order valence-electron chi connectivity index (χ2n) is 6.40. The smallest absolute Gasteiger partial charge is 0.329 e. The first-order valence-electron chi connectivity index (χ1n) is 9.05. The third-order valence-electron chi connectivity index (χ3n) is 4.31. The number of carbonyl (C=O) groups is 2. The molecular formula is C18H26N2O6S. The molecule has 1 aromatic carbocycles. The zero-order chi connectivity index (χ0) is 19.7. The number of carboxylic acids is 1. The summed E-state index contributed by atoms with van der Waals surface area (Å²) in [5.74, 6) is -1.22. The molecule has 0 radical (unpaired) electrons. The van der Waals surface area contributed by atoms with Crippen molar-refractivity contribution in [2.45, 2.75) is 37.0 Å². The average molecular weight is 398 g/mol. The van der Waals surface area contributed by atoms with Gasteiger partial charge < -0.3 is 15.2 Å². The van der Waals surface area contributed by atoms with Crippen LogP contribution in [0.3, 0.4) is 0 Å². The molecule has 0 atom stereocenters. The number of rotatable bonds is 10. The van der Waals surface area contributed by atoms with Crippen LogP contribution in [0.5, 0.6) is 0 Å². The minimum Gasteiger partial charge on any atom is -0.480 e. The number of piperidine rings is 1. The Kier molecular flexibility index (Phi) is 8.21. The van der Waals surface area contributed by atoms with E-state index in [-0.39, 0.29) is 37.0 Å². The molecule has 27 heavy (non-hydrogen) atoms. The normalized spacial score (nSPS) is 15.4. The topological polar surface area (TPSA) is 113 Å². The number of hydrogen-bond acceptors (Lipinski definition) is 5. The lowest BCUT2D eigenvalue weighted by Gasteiger charge is -2.25. The van der Waals surface area contributed by atoms with Gasteiger partial charge in [-0.05, 0) is 37.0 Å². The van der Waals surface area contributed by atoms with Crippen molar-refractivity contribution in [1.29, 1.82) is 0 Å². The molecule has 0 saturated carbocycles. The van der Waals surface area contributed by atoms with E-state index in [0.717, 1.165) is 24.8 Å². The molecule has 8 nitrogen and oxygen atoms in total. The summed E-state index contributed by atoms with van der Waals surface area (Å²) < 4.78 is 31.5. The molecule has 0 aliphatic carbocycles. The number of amides is 1. The van der Waals surface area contributed by atoms with E-state index in [2.05, 4.69) is 5.32 Å². The van der Waals surface area contributed by atoms with Gasteiger partial charge in [0.05, 0.1) is 11.5 Å². The first-order valence-corrected chi connectivity index (χ1v) is 10.5. The zero-order valence-electron chi connectivity index (χ0n) is 15.2. The fourth-order valence-electron chi connectivity index (χ4n) is 2.85. The van der Waals surface area contributed by atoms with Crippen LogP contribution in [0.15, 0.2) is 29.2 Å². The summed E-state index contributed by atoms with van der Waals surface area (Å²) in [7, 11) is -3.44. The number of nitrogens with zero attached hydrogens (tertiary/aromatic N) is 1. The van der Waals surface area contributed by atoms with Crippen LogP contribution in [-0.2, 0) is 30.8 Å². The number of hydrogen-bond donors (Lipinski definition) is 2. The molecule has 1 aliphatic rings. The summed E-state index contributed by atoms with van der Waals surface area (Å²) in [6.07, 6.45) is 3.61. The Morgan fingerprint density at radius 1 is 1.11 bits per heavy atom. The maximum Gasteiger partial charge on any atom is 0.329 e. The monoisotopic (exact) mass is 398 g/mol. The van der Waals surface area contributed by atoms with E-state index in [4.69, 9.17) is 9.84 Å².